The third-order valence-corrected chi connectivity index (χ3v) is 6.82. The number of methoxy groups -OCH3 is 1. The van der Waals surface area contributed by atoms with Crippen molar-refractivity contribution in [2.24, 2.45) is 0 Å². The minimum Gasteiger partial charge on any atom is -0.495 e. The summed E-state index contributed by atoms with van der Waals surface area (Å²) in [5.74, 6) is 0.538. The lowest BCUT2D eigenvalue weighted by Crippen LogP contribution is -2.28. The van der Waals surface area contributed by atoms with E-state index in [1.54, 1.807) is 49.6 Å². The second-order valence-electron chi connectivity index (χ2n) is 6.77. The summed E-state index contributed by atoms with van der Waals surface area (Å²) in [6.45, 7) is 4.92. The molecule has 26 heavy (non-hydrogen) atoms. The average molecular weight is 395 g/mol. The van der Waals surface area contributed by atoms with Crippen molar-refractivity contribution in [2.75, 3.05) is 12.8 Å². The number of nitrogen functional groups attached to an aromatic ring is 1. The molecule has 3 aromatic rings. The molecule has 0 atom stereocenters. The molecule has 0 spiro atoms. The zero-order chi connectivity index (χ0) is 19.3. The number of sulfone groups is 1. The van der Waals surface area contributed by atoms with Crippen molar-refractivity contribution in [3.63, 3.8) is 0 Å². The normalized spacial score (nSPS) is 12.5. The molecule has 0 radical (unpaired) electrons. The fourth-order valence-electron chi connectivity index (χ4n) is 2.52. The van der Waals surface area contributed by atoms with Gasteiger partial charge in [0, 0.05) is 17.8 Å². The van der Waals surface area contributed by atoms with Crippen LogP contribution in [0, 0.1) is 0 Å². The van der Waals surface area contributed by atoms with Crippen LogP contribution < -0.4 is 10.5 Å². The van der Waals surface area contributed by atoms with Crippen molar-refractivity contribution in [3.8, 4) is 17.0 Å². The SMILES string of the molecule is COc1cc2ncc(-c3ccc(N)nc3Cl)n2cc1S(=O)(=O)C(C)(C)C. The predicted octanol–water partition coefficient (Wildman–Crippen LogP) is 3.21. The van der Waals surface area contributed by atoms with Gasteiger partial charge in [0.2, 0.25) is 0 Å². The van der Waals surface area contributed by atoms with Crippen molar-refractivity contribution < 1.29 is 13.2 Å². The summed E-state index contributed by atoms with van der Waals surface area (Å²) < 4.78 is 31.9. The maximum absolute atomic E-state index is 13.0. The number of aromatic nitrogens is 3. The highest BCUT2D eigenvalue weighted by atomic mass is 35.5. The molecular weight excluding hydrogens is 376 g/mol. The van der Waals surface area contributed by atoms with E-state index in [0.29, 0.717) is 22.7 Å². The van der Waals surface area contributed by atoms with E-state index in [2.05, 4.69) is 9.97 Å². The van der Waals surface area contributed by atoms with Gasteiger partial charge < -0.3 is 10.5 Å². The van der Waals surface area contributed by atoms with Crippen LogP contribution in [-0.4, -0.2) is 34.6 Å². The molecular formula is C17H19ClN4O3S. The third-order valence-electron chi connectivity index (χ3n) is 4.04. The number of nitrogens with zero attached hydrogens (tertiary/aromatic N) is 3. The standard InChI is InChI=1S/C17H19ClN4O3S/c1-17(2,3)26(23,24)13-9-22-11(8-20-15(22)7-12(13)25-4)10-5-6-14(19)21-16(10)18/h5-9H,1-4H3,(H2,19,21). The van der Waals surface area contributed by atoms with E-state index in [1.807, 2.05) is 0 Å². The molecule has 0 aliphatic carbocycles. The van der Waals surface area contributed by atoms with Crippen LogP contribution >= 0.6 is 11.6 Å². The van der Waals surface area contributed by atoms with Gasteiger partial charge in [-0.3, -0.25) is 4.40 Å². The van der Waals surface area contributed by atoms with Gasteiger partial charge in [-0.25, -0.2) is 18.4 Å². The van der Waals surface area contributed by atoms with E-state index in [0.717, 1.165) is 0 Å². The van der Waals surface area contributed by atoms with E-state index in [1.165, 1.54) is 13.3 Å². The highest BCUT2D eigenvalue weighted by molar-refractivity contribution is 7.92. The first-order valence-electron chi connectivity index (χ1n) is 7.78. The van der Waals surface area contributed by atoms with Crippen LogP contribution in [-0.2, 0) is 9.84 Å². The molecule has 0 saturated carbocycles. The summed E-state index contributed by atoms with van der Waals surface area (Å²) >= 11 is 6.21. The molecule has 0 saturated heterocycles. The third kappa shape index (κ3) is 2.89. The number of hydrogen-bond acceptors (Lipinski definition) is 6. The molecule has 7 nitrogen and oxygen atoms in total. The number of nitrogens with two attached hydrogens (primary N) is 1. The summed E-state index contributed by atoms with van der Waals surface area (Å²) in [4.78, 5) is 8.44. The Bertz CT molecular complexity index is 1100. The van der Waals surface area contributed by atoms with E-state index >= 15 is 0 Å². The summed E-state index contributed by atoms with van der Waals surface area (Å²) in [6.07, 6.45) is 3.10. The minimum absolute atomic E-state index is 0.0822. The number of imidazole rings is 1. The van der Waals surface area contributed by atoms with Crippen molar-refractivity contribution in [3.05, 3.63) is 35.7 Å². The lowest BCUT2D eigenvalue weighted by Gasteiger charge is -2.21. The molecule has 3 heterocycles. The van der Waals surface area contributed by atoms with Gasteiger partial charge >= 0.3 is 0 Å². The topological polar surface area (TPSA) is 99.6 Å². The smallest absolute Gasteiger partial charge is 0.188 e. The number of ether oxygens (including phenoxy) is 1. The zero-order valence-corrected chi connectivity index (χ0v) is 16.4. The van der Waals surface area contributed by atoms with Crippen LogP contribution in [0.5, 0.6) is 5.75 Å². The molecule has 0 aliphatic heterocycles. The molecule has 2 N–H and O–H groups in total. The molecule has 0 fully saturated rings. The Kier molecular flexibility index (Phi) is 4.36. The fraction of sp³-hybridized carbons (Fsp3) is 0.294. The van der Waals surface area contributed by atoms with E-state index in [4.69, 9.17) is 22.1 Å². The number of rotatable bonds is 3. The molecule has 0 unspecified atom stereocenters. The lowest BCUT2D eigenvalue weighted by atomic mass is 10.2. The first-order valence-corrected chi connectivity index (χ1v) is 9.64. The monoisotopic (exact) mass is 394 g/mol. The van der Waals surface area contributed by atoms with E-state index < -0.39 is 14.6 Å². The summed E-state index contributed by atoms with van der Waals surface area (Å²) in [6, 6.07) is 4.92. The van der Waals surface area contributed by atoms with Crippen molar-refractivity contribution in [1.29, 1.82) is 0 Å². The number of halogens is 1. The number of hydrogen-bond donors (Lipinski definition) is 1. The van der Waals surface area contributed by atoms with E-state index in [-0.39, 0.29) is 15.8 Å². The highest BCUT2D eigenvalue weighted by Crippen LogP contribution is 2.35. The van der Waals surface area contributed by atoms with Crippen LogP contribution in [0.4, 0.5) is 5.82 Å². The molecule has 3 rings (SSSR count). The van der Waals surface area contributed by atoms with Gasteiger partial charge in [0.1, 0.15) is 27.3 Å². The highest BCUT2D eigenvalue weighted by Gasteiger charge is 2.34. The van der Waals surface area contributed by atoms with Crippen LogP contribution in [0.1, 0.15) is 20.8 Å². The van der Waals surface area contributed by atoms with Crippen LogP contribution in [0.25, 0.3) is 16.9 Å². The molecule has 0 aliphatic rings. The van der Waals surface area contributed by atoms with E-state index in [9.17, 15) is 8.42 Å². The Labute approximate surface area is 156 Å². The second kappa shape index (κ2) is 6.14. The van der Waals surface area contributed by atoms with Crippen molar-refractivity contribution in [2.45, 2.75) is 30.4 Å². The Morgan fingerprint density at radius 2 is 1.96 bits per heavy atom. The molecule has 0 bridgehead atoms. The van der Waals surface area contributed by atoms with Gasteiger partial charge in [-0.2, -0.15) is 0 Å². The maximum atomic E-state index is 13.0. The summed E-state index contributed by atoms with van der Waals surface area (Å²) in [5.41, 5.74) is 7.37. The summed E-state index contributed by atoms with van der Waals surface area (Å²) in [5, 5.41) is 0.211. The van der Waals surface area contributed by atoms with Gasteiger partial charge in [0.25, 0.3) is 0 Å². The van der Waals surface area contributed by atoms with Gasteiger partial charge in [0.05, 0.1) is 23.7 Å². The second-order valence-corrected chi connectivity index (χ2v) is 9.80. The molecule has 9 heteroatoms. The Morgan fingerprint density at radius 3 is 2.54 bits per heavy atom. The quantitative estimate of drug-likeness (QED) is 0.684. The Balaban J connectivity index is 2.32. The number of pyridine rings is 2. The number of fused-ring (bicyclic) bond motifs is 1. The first kappa shape index (κ1) is 18.5. The number of anilines is 1. The van der Waals surface area contributed by atoms with Gasteiger partial charge in [0.15, 0.2) is 9.84 Å². The van der Waals surface area contributed by atoms with Crippen molar-refractivity contribution >= 4 is 32.9 Å². The average Bonchev–Trinajstić information content (AvgIpc) is 2.95. The lowest BCUT2D eigenvalue weighted by molar-refractivity contribution is 0.401. The van der Waals surface area contributed by atoms with Crippen LogP contribution in [0.3, 0.4) is 0 Å². The van der Waals surface area contributed by atoms with Crippen LogP contribution in [0.2, 0.25) is 5.15 Å². The largest absolute Gasteiger partial charge is 0.495 e. The maximum Gasteiger partial charge on any atom is 0.188 e. The summed E-state index contributed by atoms with van der Waals surface area (Å²) in [7, 11) is -2.22. The van der Waals surface area contributed by atoms with Crippen molar-refractivity contribution in [1.82, 2.24) is 14.4 Å². The van der Waals surface area contributed by atoms with Crippen LogP contribution in [0.15, 0.2) is 35.5 Å². The molecule has 0 aromatic carbocycles. The molecule has 0 amide bonds. The van der Waals surface area contributed by atoms with Gasteiger partial charge in [-0.15, -0.1) is 0 Å². The molecule has 3 aromatic heterocycles. The Hall–Kier alpha value is -2.32. The minimum atomic E-state index is -3.65. The fourth-order valence-corrected chi connectivity index (χ4v) is 4.09. The molecule has 138 valence electrons. The van der Waals surface area contributed by atoms with Gasteiger partial charge in [-0.1, -0.05) is 11.6 Å². The Morgan fingerprint density at radius 1 is 1.27 bits per heavy atom. The zero-order valence-electron chi connectivity index (χ0n) is 14.8. The first-order chi connectivity index (χ1) is 12.1. The predicted molar refractivity (Wildman–Crippen MR) is 101 cm³/mol. The van der Waals surface area contributed by atoms with Gasteiger partial charge in [-0.05, 0) is 32.9 Å².